The summed E-state index contributed by atoms with van der Waals surface area (Å²) in [6, 6.07) is 4.04. The second kappa shape index (κ2) is 6.04. The van der Waals surface area contributed by atoms with Crippen molar-refractivity contribution in [2.24, 2.45) is 5.92 Å². The second-order valence-electron chi connectivity index (χ2n) is 3.57. The van der Waals surface area contributed by atoms with Gasteiger partial charge in [-0.1, -0.05) is 13.0 Å². The molecule has 1 N–H and O–H groups in total. The van der Waals surface area contributed by atoms with Gasteiger partial charge in [-0.2, -0.15) is 11.8 Å². The fourth-order valence-electron chi connectivity index (χ4n) is 1.08. The number of thioether (sulfide) groups is 1. The van der Waals surface area contributed by atoms with Gasteiger partial charge in [-0.25, -0.2) is 0 Å². The SMILES string of the molecule is Cc1cccnc1CSCC(C)CO. The highest BCUT2D eigenvalue weighted by Crippen LogP contribution is 2.15. The van der Waals surface area contributed by atoms with Crippen LogP contribution in [-0.2, 0) is 5.75 Å². The molecule has 0 aromatic carbocycles. The van der Waals surface area contributed by atoms with E-state index in [0.29, 0.717) is 5.92 Å². The van der Waals surface area contributed by atoms with E-state index in [1.807, 2.05) is 24.0 Å². The third-order valence-electron chi connectivity index (χ3n) is 2.07. The monoisotopic (exact) mass is 211 g/mol. The minimum absolute atomic E-state index is 0.272. The molecule has 0 radical (unpaired) electrons. The van der Waals surface area contributed by atoms with Crippen LogP contribution in [0, 0.1) is 12.8 Å². The van der Waals surface area contributed by atoms with Gasteiger partial charge in [0.05, 0.1) is 5.69 Å². The Morgan fingerprint density at radius 1 is 1.57 bits per heavy atom. The van der Waals surface area contributed by atoms with Gasteiger partial charge in [-0.15, -0.1) is 0 Å². The van der Waals surface area contributed by atoms with Crippen LogP contribution >= 0.6 is 11.8 Å². The standard InChI is InChI=1S/C11H17NOS/c1-9(6-13)7-14-8-11-10(2)4-3-5-12-11/h3-5,9,13H,6-8H2,1-2H3. The molecule has 1 rings (SSSR count). The van der Waals surface area contributed by atoms with E-state index in [2.05, 4.69) is 24.9 Å². The Morgan fingerprint density at radius 2 is 2.36 bits per heavy atom. The Hall–Kier alpha value is -0.540. The highest BCUT2D eigenvalue weighted by molar-refractivity contribution is 7.98. The number of hydrogen-bond acceptors (Lipinski definition) is 3. The second-order valence-corrected chi connectivity index (χ2v) is 4.60. The van der Waals surface area contributed by atoms with Gasteiger partial charge in [0, 0.05) is 18.6 Å². The lowest BCUT2D eigenvalue weighted by Gasteiger charge is -2.07. The van der Waals surface area contributed by atoms with Crippen LogP contribution in [-0.4, -0.2) is 22.5 Å². The molecule has 0 saturated carbocycles. The summed E-state index contributed by atoms with van der Waals surface area (Å²) in [5.74, 6) is 2.31. The number of rotatable bonds is 5. The van der Waals surface area contributed by atoms with E-state index in [9.17, 15) is 0 Å². The summed E-state index contributed by atoms with van der Waals surface area (Å²) >= 11 is 1.83. The Bertz CT molecular complexity index is 278. The highest BCUT2D eigenvalue weighted by atomic mass is 32.2. The van der Waals surface area contributed by atoms with Crippen molar-refractivity contribution in [3.05, 3.63) is 29.6 Å². The first-order chi connectivity index (χ1) is 6.74. The quantitative estimate of drug-likeness (QED) is 0.811. The summed E-state index contributed by atoms with van der Waals surface area (Å²) in [6.45, 7) is 4.41. The summed E-state index contributed by atoms with van der Waals surface area (Å²) in [6.07, 6.45) is 1.83. The molecular formula is C11H17NOS. The molecule has 1 unspecified atom stereocenters. The maximum atomic E-state index is 8.86. The Balaban J connectivity index is 2.35. The molecular weight excluding hydrogens is 194 g/mol. The number of pyridine rings is 1. The van der Waals surface area contributed by atoms with Gasteiger partial charge in [-0.3, -0.25) is 4.98 Å². The van der Waals surface area contributed by atoms with Crippen molar-refractivity contribution in [3.63, 3.8) is 0 Å². The summed E-state index contributed by atoms with van der Waals surface area (Å²) in [5, 5.41) is 8.86. The van der Waals surface area contributed by atoms with Crippen LogP contribution in [0.25, 0.3) is 0 Å². The van der Waals surface area contributed by atoms with Gasteiger partial charge in [0.25, 0.3) is 0 Å². The Labute approximate surface area is 89.8 Å². The lowest BCUT2D eigenvalue weighted by Crippen LogP contribution is -2.04. The first-order valence-corrected chi connectivity index (χ1v) is 5.98. The van der Waals surface area contributed by atoms with E-state index in [-0.39, 0.29) is 6.61 Å². The third-order valence-corrected chi connectivity index (χ3v) is 3.35. The summed E-state index contributed by atoms with van der Waals surface area (Å²) in [5.41, 5.74) is 2.40. The maximum absolute atomic E-state index is 8.86. The van der Waals surface area contributed by atoms with Crippen LogP contribution in [0.5, 0.6) is 0 Å². The Morgan fingerprint density at radius 3 is 3.00 bits per heavy atom. The van der Waals surface area contributed by atoms with Crippen LogP contribution in [0.2, 0.25) is 0 Å². The molecule has 0 saturated heterocycles. The number of nitrogens with zero attached hydrogens (tertiary/aromatic N) is 1. The average Bonchev–Trinajstić information content (AvgIpc) is 2.20. The van der Waals surface area contributed by atoms with Crippen molar-refractivity contribution >= 4 is 11.8 Å². The van der Waals surface area contributed by atoms with Crippen LogP contribution in [0.1, 0.15) is 18.2 Å². The molecule has 0 fully saturated rings. The maximum Gasteiger partial charge on any atom is 0.0531 e. The normalized spacial score (nSPS) is 12.8. The molecule has 0 bridgehead atoms. The summed E-state index contributed by atoms with van der Waals surface area (Å²) < 4.78 is 0. The third kappa shape index (κ3) is 3.68. The molecule has 0 aliphatic rings. The van der Waals surface area contributed by atoms with Crippen molar-refractivity contribution in [1.82, 2.24) is 4.98 Å². The fraction of sp³-hybridized carbons (Fsp3) is 0.545. The molecule has 0 spiro atoms. The molecule has 3 heteroatoms. The molecule has 0 aliphatic heterocycles. The molecule has 0 amide bonds. The van der Waals surface area contributed by atoms with Crippen molar-refractivity contribution in [2.75, 3.05) is 12.4 Å². The van der Waals surface area contributed by atoms with Gasteiger partial charge in [0.2, 0.25) is 0 Å². The van der Waals surface area contributed by atoms with E-state index < -0.39 is 0 Å². The first-order valence-electron chi connectivity index (χ1n) is 4.83. The smallest absolute Gasteiger partial charge is 0.0531 e. The average molecular weight is 211 g/mol. The van der Waals surface area contributed by atoms with E-state index in [1.54, 1.807) is 0 Å². The molecule has 14 heavy (non-hydrogen) atoms. The number of aliphatic hydroxyl groups is 1. The predicted molar refractivity (Wildman–Crippen MR) is 61.4 cm³/mol. The van der Waals surface area contributed by atoms with E-state index in [4.69, 9.17) is 5.11 Å². The molecule has 1 aromatic rings. The minimum Gasteiger partial charge on any atom is -0.396 e. The zero-order valence-corrected chi connectivity index (χ0v) is 9.55. The molecule has 78 valence electrons. The molecule has 1 aromatic heterocycles. The number of aliphatic hydroxyl groups excluding tert-OH is 1. The van der Waals surface area contributed by atoms with Crippen molar-refractivity contribution < 1.29 is 5.11 Å². The van der Waals surface area contributed by atoms with E-state index >= 15 is 0 Å². The van der Waals surface area contributed by atoms with Crippen LogP contribution < -0.4 is 0 Å². The lowest BCUT2D eigenvalue weighted by atomic mass is 10.2. The number of hydrogen-bond donors (Lipinski definition) is 1. The van der Waals surface area contributed by atoms with E-state index in [1.165, 1.54) is 5.56 Å². The summed E-state index contributed by atoms with van der Waals surface area (Å²) in [4.78, 5) is 4.32. The van der Waals surface area contributed by atoms with Crippen LogP contribution in [0.4, 0.5) is 0 Å². The zero-order valence-electron chi connectivity index (χ0n) is 8.73. The molecule has 2 nitrogen and oxygen atoms in total. The largest absolute Gasteiger partial charge is 0.396 e. The summed E-state index contributed by atoms with van der Waals surface area (Å²) in [7, 11) is 0. The van der Waals surface area contributed by atoms with Gasteiger partial charge in [0.15, 0.2) is 0 Å². The number of aromatic nitrogens is 1. The molecule has 1 atom stereocenters. The zero-order chi connectivity index (χ0) is 10.4. The molecule has 0 aliphatic carbocycles. The predicted octanol–water partition coefficient (Wildman–Crippen LogP) is 2.25. The topological polar surface area (TPSA) is 33.1 Å². The Kier molecular flexibility index (Phi) is 4.98. The first kappa shape index (κ1) is 11.5. The molecule has 1 heterocycles. The van der Waals surface area contributed by atoms with Crippen LogP contribution in [0.3, 0.4) is 0 Å². The van der Waals surface area contributed by atoms with Gasteiger partial charge in [-0.05, 0) is 30.2 Å². The van der Waals surface area contributed by atoms with Gasteiger partial charge < -0.3 is 5.11 Å². The van der Waals surface area contributed by atoms with E-state index in [0.717, 1.165) is 17.2 Å². The van der Waals surface area contributed by atoms with Crippen molar-refractivity contribution in [2.45, 2.75) is 19.6 Å². The van der Waals surface area contributed by atoms with Gasteiger partial charge in [0.1, 0.15) is 0 Å². The van der Waals surface area contributed by atoms with Gasteiger partial charge >= 0.3 is 0 Å². The lowest BCUT2D eigenvalue weighted by molar-refractivity contribution is 0.250. The number of aryl methyl sites for hydroxylation is 1. The van der Waals surface area contributed by atoms with Crippen molar-refractivity contribution in [3.8, 4) is 0 Å². The fourth-order valence-corrected chi connectivity index (χ4v) is 2.20. The minimum atomic E-state index is 0.272. The highest BCUT2D eigenvalue weighted by Gasteiger charge is 2.02. The van der Waals surface area contributed by atoms with Crippen molar-refractivity contribution in [1.29, 1.82) is 0 Å². The van der Waals surface area contributed by atoms with Crippen LogP contribution in [0.15, 0.2) is 18.3 Å².